The summed E-state index contributed by atoms with van der Waals surface area (Å²) in [4.78, 5) is 13.5. The molecule has 1 aliphatic rings. The normalized spacial score (nSPS) is 26.1. The number of hydrogen-bond donors (Lipinski definition) is 0. The standard InChI is InChI=1S/C11H21NO2/c1-9(10(2)13)12-6-4-5-11(7-12)8-14-3/h9,11H,4-8H2,1-3H3. The molecular weight excluding hydrogens is 178 g/mol. The van der Waals surface area contributed by atoms with Crippen LogP contribution in [0.4, 0.5) is 0 Å². The highest BCUT2D eigenvalue weighted by Gasteiger charge is 2.25. The maximum Gasteiger partial charge on any atom is 0.146 e. The second-order valence-corrected chi connectivity index (χ2v) is 4.25. The predicted molar refractivity (Wildman–Crippen MR) is 56.3 cm³/mol. The van der Waals surface area contributed by atoms with Crippen molar-refractivity contribution in [2.24, 2.45) is 5.92 Å². The number of ether oxygens (including phenoxy) is 1. The second-order valence-electron chi connectivity index (χ2n) is 4.25. The zero-order valence-corrected chi connectivity index (χ0v) is 9.45. The van der Waals surface area contributed by atoms with Gasteiger partial charge in [0, 0.05) is 13.7 Å². The Morgan fingerprint density at radius 1 is 1.64 bits per heavy atom. The molecule has 2 atom stereocenters. The van der Waals surface area contributed by atoms with E-state index in [1.807, 2.05) is 6.92 Å². The zero-order chi connectivity index (χ0) is 10.6. The van der Waals surface area contributed by atoms with Crippen molar-refractivity contribution < 1.29 is 9.53 Å². The first kappa shape index (κ1) is 11.7. The van der Waals surface area contributed by atoms with E-state index < -0.39 is 0 Å². The molecule has 0 aliphatic carbocycles. The van der Waals surface area contributed by atoms with E-state index in [1.54, 1.807) is 14.0 Å². The van der Waals surface area contributed by atoms with Gasteiger partial charge in [-0.1, -0.05) is 0 Å². The van der Waals surface area contributed by atoms with Crippen molar-refractivity contribution >= 4 is 5.78 Å². The minimum Gasteiger partial charge on any atom is -0.384 e. The number of nitrogens with zero attached hydrogens (tertiary/aromatic N) is 1. The number of carbonyl (C=O) groups excluding carboxylic acids is 1. The highest BCUT2D eigenvalue weighted by molar-refractivity contribution is 5.80. The van der Waals surface area contributed by atoms with Crippen molar-refractivity contribution in [1.82, 2.24) is 4.90 Å². The molecule has 1 fully saturated rings. The monoisotopic (exact) mass is 199 g/mol. The van der Waals surface area contributed by atoms with Crippen LogP contribution in [-0.2, 0) is 9.53 Å². The topological polar surface area (TPSA) is 29.5 Å². The van der Waals surface area contributed by atoms with Crippen LogP contribution in [-0.4, -0.2) is 43.5 Å². The van der Waals surface area contributed by atoms with Crippen LogP contribution in [0.25, 0.3) is 0 Å². The predicted octanol–water partition coefficient (Wildman–Crippen LogP) is 1.32. The van der Waals surface area contributed by atoms with Crippen LogP contribution in [0.15, 0.2) is 0 Å². The SMILES string of the molecule is COCC1CCCN(C(C)C(C)=O)C1. The molecular formula is C11H21NO2. The van der Waals surface area contributed by atoms with Crippen molar-refractivity contribution in [3.63, 3.8) is 0 Å². The Bertz CT molecular complexity index is 192. The number of likely N-dealkylation sites (tertiary alicyclic amines) is 1. The summed E-state index contributed by atoms with van der Waals surface area (Å²) < 4.78 is 5.16. The molecule has 3 heteroatoms. The van der Waals surface area contributed by atoms with Crippen molar-refractivity contribution in [2.75, 3.05) is 26.8 Å². The third-order valence-electron chi connectivity index (χ3n) is 3.09. The smallest absolute Gasteiger partial charge is 0.146 e. The summed E-state index contributed by atoms with van der Waals surface area (Å²) in [6.45, 7) is 6.55. The van der Waals surface area contributed by atoms with Crippen LogP contribution in [0.5, 0.6) is 0 Å². The lowest BCUT2D eigenvalue weighted by molar-refractivity contribution is -0.122. The number of ketones is 1. The molecule has 1 rings (SSSR count). The molecule has 0 aromatic carbocycles. The van der Waals surface area contributed by atoms with Gasteiger partial charge in [-0.15, -0.1) is 0 Å². The molecule has 82 valence electrons. The molecule has 1 heterocycles. The van der Waals surface area contributed by atoms with Gasteiger partial charge in [0.15, 0.2) is 0 Å². The molecule has 3 nitrogen and oxygen atoms in total. The van der Waals surface area contributed by atoms with Crippen LogP contribution < -0.4 is 0 Å². The van der Waals surface area contributed by atoms with Crippen LogP contribution in [0.3, 0.4) is 0 Å². The van der Waals surface area contributed by atoms with E-state index >= 15 is 0 Å². The molecule has 0 aromatic rings. The molecule has 2 unspecified atom stereocenters. The molecule has 0 N–H and O–H groups in total. The minimum absolute atomic E-state index is 0.0784. The van der Waals surface area contributed by atoms with Crippen molar-refractivity contribution in [1.29, 1.82) is 0 Å². The van der Waals surface area contributed by atoms with Gasteiger partial charge in [0.1, 0.15) is 5.78 Å². The van der Waals surface area contributed by atoms with E-state index in [2.05, 4.69) is 4.90 Å². The maximum atomic E-state index is 11.2. The van der Waals surface area contributed by atoms with Crippen molar-refractivity contribution in [2.45, 2.75) is 32.7 Å². The molecule has 0 saturated carbocycles. The number of hydrogen-bond acceptors (Lipinski definition) is 3. The Morgan fingerprint density at radius 2 is 2.36 bits per heavy atom. The minimum atomic E-state index is 0.0784. The van der Waals surface area contributed by atoms with Crippen LogP contribution in [0, 0.1) is 5.92 Å². The molecule has 0 radical (unpaired) electrons. The molecule has 1 saturated heterocycles. The first-order chi connectivity index (χ1) is 6.65. The van der Waals surface area contributed by atoms with Crippen molar-refractivity contribution in [3.05, 3.63) is 0 Å². The van der Waals surface area contributed by atoms with E-state index in [4.69, 9.17) is 4.74 Å². The lowest BCUT2D eigenvalue weighted by Crippen LogP contribution is -2.45. The highest BCUT2D eigenvalue weighted by atomic mass is 16.5. The summed E-state index contributed by atoms with van der Waals surface area (Å²) in [5.74, 6) is 0.874. The Morgan fingerprint density at radius 3 is 2.93 bits per heavy atom. The van der Waals surface area contributed by atoms with Gasteiger partial charge in [0.25, 0.3) is 0 Å². The van der Waals surface area contributed by atoms with E-state index in [0.29, 0.717) is 5.92 Å². The Labute approximate surface area is 86.4 Å². The average molecular weight is 199 g/mol. The Balaban J connectivity index is 2.43. The van der Waals surface area contributed by atoms with Gasteiger partial charge in [-0.3, -0.25) is 9.69 Å². The highest BCUT2D eigenvalue weighted by Crippen LogP contribution is 2.18. The molecule has 0 aromatic heterocycles. The van der Waals surface area contributed by atoms with E-state index in [0.717, 1.165) is 19.7 Å². The molecule has 0 amide bonds. The number of piperidine rings is 1. The molecule has 1 aliphatic heterocycles. The van der Waals surface area contributed by atoms with Crippen LogP contribution in [0.2, 0.25) is 0 Å². The third-order valence-corrected chi connectivity index (χ3v) is 3.09. The number of methoxy groups -OCH3 is 1. The third kappa shape index (κ3) is 3.07. The fraction of sp³-hybridized carbons (Fsp3) is 0.909. The van der Waals surface area contributed by atoms with Crippen LogP contribution >= 0.6 is 0 Å². The van der Waals surface area contributed by atoms with Gasteiger partial charge in [-0.05, 0) is 39.2 Å². The number of carbonyl (C=O) groups is 1. The lowest BCUT2D eigenvalue weighted by Gasteiger charge is -2.35. The van der Waals surface area contributed by atoms with Gasteiger partial charge in [-0.2, -0.15) is 0 Å². The van der Waals surface area contributed by atoms with Gasteiger partial charge in [0.2, 0.25) is 0 Å². The first-order valence-corrected chi connectivity index (χ1v) is 5.38. The van der Waals surface area contributed by atoms with E-state index in [9.17, 15) is 4.79 Å². The van der Waals surface area contributed by atoms with Gasteiger partial charge >= 0.3 is 0 Å². The number of rotatable bonds is 4. The quantitative estimate of drug-likeness (QED) is 0.684. The van der Waals surface area contributed by atoms with E-state index in [-0.39, 0.29) is 11.8 Å². The molecule has 14 heavy (non-hydrogen) atoms. The van der Waals surface area contributed by atoms with Gasteiger partial charge in [-0.25, -0.2) is 0 Å². The summed E-state index contributed by atoms with van der Waals surface area (Å²) in [6, 6.07) is 0.0784. The fourth-order valence-electron chi connectivity index (χ4n) is 2.08. The first-order valence-electron chi connectivity index (χ1n) is 5.38. The average Bonchev–Trinajstić information content (AvgIpc) is 2.17. The summed E-state index contributed by atoms with van der Waals surface area (Å²) in [5.41, 5.74) is 0. The van der Waals surface area contributed by atoms with E-state index in [1.165, 1.54) is 12.8 Å². The van der Waals surface area contributed by atoms with Gasteiger partial charge in [0.05, 0.1) is 12.6 Å². The second kappa shape index (κ2) is 5.47. The van der Waals surface area contributed by atoms with Crippen molar-refractivity contribution in [3.8, 4) is 0 Å². The molecule has 0 bridgehead atoms. The lowest BCUT2D eigenvalue weighted by atomic mass is 9.97. The zero-order valence-electron chi connectivity index (χ0n) is 9.45. The van der Waals surface area contributed by atoms with Gasteiger partial charge < -0.3 is 4.74 Å². The summed E-state index contributed by atoms with van der Waals surface area (Å²) in [5, 5.41) is 0. The number of Topliss-reactive ketones (excluding diaryl/α,β-unsaturated/α-hetero) is 1. The summed E-state index contributed by atoms with van der Waals surface area (Å²) in [6.07, 6.45) is 2.42. The Kier molecular flexibility index (Phi) is 4.55. The largest absolute Gasteiger partial charge is 0.384 e. The summed E-state index contributed by atoms with van der Waals surface area (Å²) >= 11 is 0. The summed E-state index contributed by atoms with van der Waals surface area (Å²) in [7, 11) is 1.74. The maximum absolute atomic E-state index is 11.2. The molecule has 0 spiro atoms. The van der Waals surface area contributed by atoms with Crippen LogP contribution in [0.1, 0.15) is 26.7 Å². The Hall–Kier alpha value is -0.410. The fourth-order valence-corrected chi connectivity index (χ4v) is 2.08.